The summed E-state index contributed by atoms with van der Waals surface area (Å²) in [5.41, 5.74) is 3.50. The number of halogens is 3. The molecule has 1 heterocycles. The number of aromatic nitrogens is 1. The summed E-state index contributed by atoms with van der Waals surface area (Å²) in [5, 5.41) is 12.5. The van der Waals surface area contributed by atoms with E-state index in [4.69, 9.17) is 0 Å². The number of pyridine rings is 1. The molecule has 0 saturated carbocycles. The number of hydrogen-bond acceptors (Lipinski definition) is 6. The van der Waals surface area contributed by atoms with E-state index in [2.05, 4.69) is 41.5 Å². The predicted octanol–water partition coefficient (Wildman–Crippen LogP) is 6.90. The molecule has 0 amide bonds. The van der Waals surface area contributed by atoms with Crippen LogP contribution in [0.4, 0.5) is 30.4 Å². The topological polar surface area (TPSA) is 74.7 Å². The lowest BCUT2D eigenvalue weighted by atomic mass is 10.00. The zero-order valence-corrected chi connectivity index (χ0v) is 21.4. The second kappa shape index (κ2) is 15.6. The number of benzene rings is 1. The smallest absolute Gasteiger partial charge is 0.406 e. The lowest BCUT2D eigenvalue weighted by molar-refractivity contribution is -0.274. The number of anilines is 3. The van der Waals surface area contributed by atoms with Crippen molar-refractivity contribution in [3.63, 3.8) is 0 Å². The molecule has 6 nitrogen and oxygen atoms in total. The number of hydrogen-bond donors (Lipinski definition) is 2. The Balaban J connectivity index is 0.000000809. The quantitative estimate of drug-likeness (QED) is 0.305. The van der Waals surface area contributed by atoms with Gasteiger partial charge < -0.3 is 20.1 Å². The summed E-state index contributed by atoms with van der Waals surface area (Å²) in [6.07, 6.45) is 3.62. The SMILES string of the molecule is C=CC(=O)CCC.CC/C=C(\CC)c1c(N(C)CCO)ccnc1Nc1ccc(OC(F)(F)F)cc1. The molecule has 0 aliphatic heterocycles. The third kappa shape index (κ3) is 10.5. The van der Waals surface area contributed by atoms with Gasteiger partial charge in [0.2, 0.25) is 0 Å². The van der Waals surface area contributed by atoms with Gasteiger partial charge in [-0.25, -0.2) is 4.98 Å². The summed E-state index contributed by atoms with van der Waals surface area (Å²) in [6, 6.07) is 7.40. The van der Waals surface area contributed by atoms with Crippen LogP contribution < -0.4 is 15.0 Å². The van der Waals surface area contributed by atoms with E-state index in [1.807, 2.05) is 24.9 Å². The van der Waals surface area contributed by atoms with Crippen LogP contribution in [0.15, 0.2) is 55.3 Å². The Morgan fingerprint density at radius 2 is 1.86 bits per heavy atom. The Bertz CT molecular complexity index is 990. The highest BCUT2D eigenvalue weighted by molar-refractivity contribution is 5.88. The van der Waals surface area contributed by atoms with Crippen molar-refractivity contribution < 1.29 is 27.8 Å². The molecule has 36 heavy (non-hydrogen) atoms. The van der Waals surface area contributed by atoms with E-state index in [1.54, 1.807) is 6.20 Å². The summed E-state index contributed by atoms with van der Waals surface area (Å²) in [7, 11) is 1.89. The van der Waals surface area contributed by atoms with E-state index in [-0.39, 0.29) is 18.1 Å². The van der Waals surface area contributed by atoms with E-state index < -0.39 is 6.36 Å². The van der Waals surface area contributed by atoms with Crippen molar-refractivity contribution in [3.05, 3.63) is 60.8 Å². The number of allylic oxidation sites excluding steroid dienone is 3. The zero-order chi connectivity index (χ0) is 27.1. The summed E-state index contributed by atoms with van der Waals surface area (Å²) in [6.45, 7) is 9.88. The number of aliphatic hydroxyl groups excluding tert-OH is 1. The fourth-order valence-electron chi connectivity index (χ4n) is 3.35. The normalized spacial score (nSPS) is 11.3. The molecule has 2 aromatic rings. The van der Waals surface area contributed by atoms with Gasteiger partial charge in [0.05, 0.1) is 6.61 Å². The number of nitrogens with one attached hydrogen (secondary N) is 1. The number of nitrogens with zero attached hydrogens (tertiary/aromatic N) is 2. The van der Waals surface area contributed by atoms with Crippen molar-refractivity contribution in [1.29, 1.82) is 0 Å². The minimum atomic E-state index is -4.73. The van der Waals surface area contributed by atoms with Crippen molar-refractivity contribution in [2.75, 3.05) is 30.4 Å². The average molecular weight is 508 g/mol. The maximum absolute atomic E-state index is 12.3. The van der Waals surface area contributed by atoms with Crippen LogP contribution in [0.2, 0.25) is 0 Å². The first-order chi connectivity index (χ1) is 17.1. The lowest BCUT2D eigenvalue weighted by Crippen LogP contribution is -2.23. The second-order valence-electron chi connectivity index (χ2n) is 7.81. The lowest BCUT2D eigenvalue weighted by Gasteiger charge is -2.24. The molecule has 0 spiro atoms. The van der Waals surface area contributed by atoms with E-state index >= 15 is 0 Å². The van der Waals surface area contributed by atoms with Crippen LogP contribution >= 0.6 is 0 Å². The van der Waals surface area contributed by atoms with Crippen molar-refractivity contribution in [3.8, 4) is 5.75 Å². The fourth-order valence-corrected chi connectivity index (χ4v) is 3.35. The Hall–Kier alpha value is -3.33. The molecular formula is C27H36F3N3O3. The Morgan fingerprint density at radius 3 is 2.33 bits per heavy atom. The zero-order valence-electron chi connectivity index (χ0n) is 21.4. The van der Waals surface area contributed by atoms with Gasteiger partial charge in [-0.15, -0.1) is 13.2 Å². The number of alkyl halides is 3. The van der Waals surface area contributed by atoms with E-state index in [0.29, 0.717) is 24.5 Å². The molecule has 9 heteroatoms. The first kappa shape index (κ1) is 30.7. The highest BCUT2D eigenvalue weighted by Gasteiger charge is 2.31. The molecule has 2 N–H and O–H groups in total. The van der Waals surface area contributed by atoms with Crippen LogP contribution in [-0.4, -0.2) is 42.4 Å². The van der Waals surface area contributed by atoms with Gasteiger partial charge in [0.1, 0.15) is 11.6 Å². The first-order valence-electron chi connectivity index (χ1n) is 11.9. The number of carbonyl (C=O) groups is 1. The van der Waals surface area contributed by atoms with Crippen LogP contribution in [0.5, 0.6) is 5.75 Å². The largest absolute Gasteiger partial charge is 0.573 e. The van der Waals surface area contributed by atoms with Gasteiger partial charge in [0.15, 0.2) is 5.78 Å². The summed E-state index contributed by atoms with van der Waals surface area (Å²) in [4.78, 5) is 16.7. The van der Waals surface area contributed by atoms with Crippen molar-refractivity contribution in [1.82, 2.24) is 4.98 Å². The summed E-state index contributed by atoms with van der Waals surface area (Å²) >= 11 is 0. The van der Waals surface area contributed by atoms with Crippen LogP contribution in [0.3, 0.4) is 0 Å². The third-order valence-corrected chi connectivity index (χ3v) is 5.00. The minimum absolute atomic E-state index is 0.0145. The highest BCUT2D eigenvalue weighted by atomic mass is 19.4. The first-order valence-corrected chi connectivity index (χ1v) is 11.9. The van der Waals surface area contributed by atoms with Gasteiger partial charge in [-0.3, -0.25) is 4.79 Å². The van der Waals surface area contributed by atoms with Crippen molar-refractivity contribution >= 4 is 28.5 Å². The number of ether oxygens (including phenoxy) is 1. The predicted molar refractivity (Wildman–Crippen MR) is 140 cm³/mol. The highest BCUT2D eigenvalue weighted by Crippen LogP contribution is 2.35. The Morgan fingerprint density at radius 1 is 1.19 bits per heavy atom. The molecule has 0 atom stereocenters. The number of carbonyl (C=O) groups excluding carboxylic acids is 1. The van der Waals surface area contributed by atoms with Crippen molar-refractivity contribution in [2.45, 2.75) is 52.8 Å². The molecule has 0 radical (unpaired) electrons. The van der Waals surface area contributed by atoms with E-state index in [0.717, 1.165) is 36.1 Å². The molecule has 198 valence electrons. The van der Waals surface area contributed by atoms with Crippen LogP contribution in [0.1, 0.15) is 52.0 Å². The molecule has 0 saturated heterocycles. The van der Waals surface area contributed by atoms with Gasteiger partial charge >= 0.3 is 6.36 Å². The van der Waals surface area contributed by atoms with E-state index in [9.17, 15) is 23.1 Å². The fraction of sp³-hybridized carbons (Fsp3) is 0.407. The maximum Gasteiger partial charge on any atom is 0.573 e. The standard InChI is InChI=1S/C21H26F3N3O2.C6H10O/c1-4-6-15(5-2)19-18(27(3)13-14-28)11-12-25-20(19)26-16-7-9-17(10-8-16)29-21(22,23)24;1-3-5-6(7)4-2/h6-12,28H,4-5,13-14H2,1-3H3,(H,25,26);4H,2-3,5H2,1H3/b15-6+;. The molecule has 0 unspecified atom stereocenters. The number of ketones is 1. The van der Waals surface area contributed by atoms with E-state index in [1.165, 1.54) is 30.3 Å². The summed E-state index contributed by atoms with van der Waals surface area (Å²) in [5.74, 6) is 0.452. The number of likely N-dealkylation sites (N-methyl/N-ethyl adjacent to an activating group) is 1. The molecule has 0 aliphatic rings. The van der Waals surface area contributed by atoms with Crippen molar-refractivity contribution in [2.24, 2.45) is 0 Å². The monoisotopic (exact) mass is 507 g/mol. The van der Waals surface area contributed by atoms with Gasteiger partial charge in [-0.1, -0.05) is 33.4 Å². The van der Waals surface area contributed by atoms with Gasteiger partial charge in [-0.2, -0.15) is 0 Å². The maximum atomic E-state index is 12.3. The number of rotatable bonds is 12. The van der Waals surface area contributed by atoms with Crippen LogP contribution in [0, 0.1) is 0 Å². The molecular weight excluding hydrogens is 471 g/mol. The molecule has 0 bridgehead atoms. The molecule has 0 fully saturated rings. The molecule has 1 aromatic heterocycles. The Kier molecular flexibility index (Phi) is 13.3. The van der Waals surface area contributed by atoms with Crippen LogP contribution in [0.25, 0.3) is 5.57 Å². The molecule has 2 rings (SSSR count). The third-order valence-electron chi connectivity index (χ3n) is 5.00. The van der Waals surface area contributed by atoms with Gasteiger partial charge in [0, 0.05) is 43.1 Å². The second-order valence-corrected chi connectivity index (χ2v) is 7.81. The summed E-state index contributed by atoms with van der Waals surface area (Å²) < 4.78 is 41.0. The Labute approximate surface area is 211 Å². The van der Waals surface area contributed by atoms with Crippen LogP contribution in [-0.2, 0) is 4.79 Å². The average Bonchev–Trinajstić information content (AvgIpc) is 2.83. The van der Waals surface area contributed by atoms with Gasteiger partial charge in [0.25, 0.3) is 0 Å². The number of aliphatic hydroxyl groups is 1. The molecule has 1 aromatic carbocycles. The molecule has 0 aliphatic carbocycles. The minimum Gasteiger partial charge on any atom is -0.406 e. The van der Waals surface area contributed by atoms with Gasteiger partial charge in [-0.05, 0) is 61.2 Å².